The second kappa shape index (κ2) is 9.62. The molecule has 0 radical (unpaired) electrons. The van der Waals surface area contributed by atoms with Gasteiger partial charge in [0.15, 0.2) is 0 Å². The van der Waals surface area contributed by atoms with E-state index in [1.54, 1.807) is 20.8 Å². The van der Waals surface area contributed by atoms with Crippen LogP contribution in [0, 0.1) is 0 Å². The van der Waals surface area contributed by atoms with Gasteiger partial charge >= 0.3 is 18.3 Å². The smallest absolute Gasteiger partial charge is 0.417 e. The van der Waals surface area contributed by atoms with Crippen LogP contribution in [0.2, 0.25) is 0 Å². The van der Waals surface area contributed by atoms with E-state index in [9.17, 15) is 35.9 Å². The van der Waals surface area contributed by atoms with Gasteiger partial charge in [-0.2, -0.15) is 26.3 Å². The molecule has 0 spiro atoms. The second-order valence-corrected chi connectivity index (χ2v) is 9.37. The molecule has 36 heavy (non-hydrogen) atoms. The number of nitrogens with zero attached hydrogens (tertiary/aromatic N) is 2. The minimum Gasteiger partial charge on any atom is -0.474 e. The predicted molar refractivity (Wildman–Crippen MR) is 115 cm³/mol. The van der Waals surface area contributed by atoms with Gasteiger partial charge in [0.25, 0.3) is 5.91 Å². The molecule has 0 saturated carbocycles. The Hall–Kier alpha value is -3.31. The van der Waals surface area contributed by atoms with Gasteiger partial charge in [0.05, 0.1) is 23.2 Å². The van der Waals surface area contributed by atoms with Gasteiger partial charge in [-0.3, -0.25) is 9.78 Å². The van der Waals surface area contributed by atoms with Crippen LogP contribution in [0.15, 0.2) is 42.7 Å². The molecule has 0 bridgehead atoms. The molecule has 1 saturated heterocycles. The first kappa shape index (κ1) is 27.3. The fourth-order valence-corrected chi connectivity index (χ4v) is 3.78. The van der Waals surface area contributed by atoms with Crippen LogP contribution in [0.4, 0.5) is 26.3 Å². The zero-order valence-corrected chi connectivity index (χ0v) is 19.7. The van der Waals surface area contributed by atoms with Gasteiger partial charge < -0.3 is 14.4 Å². The third kappa shape index (κ3) is 6.27. The van der Waals surface area contributed by atoms with Gasteiger partial charge in [-0.25, -0.2) is 4.79 Å². The molecular formula is C24H24F6N2O4. The van der Waals surface area contributed by atoms with Crippen molar-refractivity contribution >= 4 is 11.9 Å². The largest absolute Gasteiger partial charge is 0.474 e. The van der Waals surface area contributed by atoms with Gasteiger partial charge in [-0.1, -0.05) is 0 Å². The number of benzene rings is 1. The minimum atomic E-state index is -4.82. The quantitative estimate of drug-likeness (QED) is 0.394. The first-order valence-corrected chi connectivity index (χ1v) is 10.9. The Morgan fingerprint density at radius 3 is 2.17 bits per heavy atom. The summed E-state index contributed by atoms with van der Waals surface area (Å²) in [5.74, 6) is -2.01. The van der Waals surface area contributed by atoms with Crippen LogP contribution < -0.4 is 4.74 Å². The molecule has 0 N–H and O–H groups in total. The van der Waals surface area contributed by atoms with E-state index >= 15 is 0 Å². The summed E-state index contributed by atoms with van der Waals surface area (Å²) in [6.07, 6.45) is -7.52. The molecule has 1 atom stereocenters. The lowest BCUT2D eigenvalue weighted by Crippen LogP contribution is -2.59. The van der Waals surface area contributed by atoms with Crippen molar-refractivity contribution in [3.63, 3.8) is 0 Å². The van der Waals surface area contributed by atoms with Crippen molar-refractivity contribution in [3.8, 4) is 5.75 Å². The molecular weight excluding hydrogens is 494 g/mol. The number of hydrogen-bond donors (Lipinski definition) is 0. The third-order valence-electron chi connectivity index (χ3n) is 5.36. The number of pyridine rings is 1. The molecule has 0 aliphatic carbocycles. The van der Waals surface area contributed by atoms with E-state index < -0.39 is 58.7 Å². The summed E-state index contributed by atoms with van der Waals surface area (Å²) in [6.45, 7) is 4.31. The number of hydrogen-bond acceptors (Lipinski definition) is 5. The normalized spacial score (nSPS) is 19.1. The molecule has 1 amide bonds. The average molecular weight is 518 g/mol. The second-order valence-electron chi connectivity index (χ2n) is 9.37. The molecule has 3 rings (SSSR count). The molecule has 196 valence electrons. The highest BCUT2D eigenvalue weighted by atomic mass is 19.4. The van der Waals surface area contributed by atoms with E-state index in [4.69, 9.17) is 9.47 Å². The van der Waals surface area contributed by atoms with E-state index in [1.165, 1.54) is 0 Å². The van der Waals surface area contributed by atoms with Gasteiger partial charge in [-0.05, 0) is 57.5 Å². The Kier molecular flexibility index (Phi) is 7.29. The molecule has 6 nitrogen and oxygen atoms in total. The summed E-state index contributed by atoms with van der Waals surface area (Å²) in [4.78, 5) is 31.0. The molecule has 2 aromatic rings. The van der Waals surface area contributed by atoms with Crippen molar-refractivity contribution in [1.82, 2.24) is 9.88 Å². The standard InChI is InChI=1S/C24H24F6N2O4/c1-21(2,3)36-20(34)22(35-16-7-5-15(6-8-16)23(25,26)27)10-4-12-32(14-22)19(33)17-13-31-11-9-18(17)24(28,29)30/h5-9,11,13H,4,10,12,14H2,1-3H3. The summed E-state index contributed by atoms with van der Waals surface area (Å²) >= 11 is 0. The third-order valence-corrected chi connectivity index (χ3v) is 5.36. The molecule has 12 heteroatoms. The van der Waals surface area contributed by atoms with Crippen LogP contribution in [-0.4, -0.2) is 46.1 Å². The van der Waals surface area contributed by atoms with E-state index in [0.29, 0.717) is 6.07 Å². The summed E-state index contributed by atoms with van der Waals surface area (Å²) in [5, 5.41) is 0. The Morgan fingerprint density at radius 2 is 1.61 bits per heavy atom. The summed E-state index contributed by atoms with van der Waals surface area (Å²) in [5.41, 5.74) is -5.65. The number of rotatable bonds is 4. The van der Waals surface area contributed by atoms with Gasteiger partial charge in [0, 0.05) is 25.4 Å². The summed E-state index contributed by atoms with van der Waals surface area (Å²) in [6, 6.07) is 4.28. The number of likely N-dealkylation sites (tertiary alicyclic amines) is 1. The number of halogens is 6. The summed E-state index contributed by atoms with van der Waals surface area (Å²) in [7, 11) is 0. The van der Waals surface area contributed by atoms with Crippen molar-refractivity contribution in [2.45, 2.75) is 57.2 Å². The van der Waals surface area contributed by atoms with Gasteiger partial charge in [0.1, 0.15) is 11.4 Å². The van der Waals surface area contributed by atoms with Crippen LogP contribution in [0.25, 0.3) is 0 Å². The first-order valence-electron chi connectivity index (χ1n) is 10.9. The van der Waals surface area contributed by atoms with Crippen LogP contribution in [0.3, 0.4) is 0 Å². The number of piperidine rings is 1. The lowest BCUT2D eigenvalue weighted by molar-refractivity contribution is -0.178. The van der Waals surface area contributed by atoms with Crippen LogP contribution >= 0.6 is 0 Å². The number of carbonyl (C=O) groups excluding carboxylic acids is 2. The van der Waals surface area contributed by atoms with E-state index in [-0.39, 0.29) is 25.1 Å². The molecule has 1 unspecified atom stereocenters. The summed E-state index contributed by atoms with van der Waals surface area (Å²) < 4.78 is 90.6. The Bertz CT molecular complexity index is 1110. The Labute approximate surface area is 203 Å². The van der Waals surface area contributed by atoms with Crippen LogP contribution in [0.5, 0.6) is 5.75 Å². The topological polar surface area (TPSA) is 68.7 Å². The van der Waals surface area contributed by atoms with E-state index in [0.717, 1.165) is 41.6 Å². The zero-order valence-electron chi connectivity index (χ0n) is 19.7. The van der Waals surface area contributed by atoms with E-state index in [1.807, 2.05) is 0 Å². The maximum Gasteiger partial charge on any atom is 0.417 e. The van der Waals surface area contributed by atoms with E-state index in [2.05, 4.69) is 4.98 Å². The molecule has 1 aliphatic heterocycles. The Balaban J connectivity index is 1.96. The SMILES string of the molecule is CC(C)(C)OC(=O)C1(Oc2ccc(C(F)(F)F)cc2)CCCN(C(=O)c2cnccc2C(F)(F)F)C1. The Morgan fingerprint density at radius 1 is 0.972 bits per heavy atom. The highest BCUT2D eigenvalue weighted by Gasteiger charge is 2.49. The lowest BCUT2D eigenvalue weighted by atomic mass is 9.91. The van der Waals surface area contributed by atoms with Crippen molar-refractivity contribution < 1.29 is 45.4 Å². The maximum atomic E-state index is 13.5. The number of esters is 1. The van der Waals surface area contributed by atoms with Crippen LogP contribution in [0.1, 0.15) is 55.1 Å². The fraction of sp³-hybridized carbons (Fsp3) is 0.458. The van der Waals surface area contributed by atoms with Crippen molar-refractivity contribution in [3.05, 3.63) is 59.4 Å². The van der Waals surface area contributed by atoms with Crippen molar-refractivity contribution in [1.29, 1.82) is 0 Å². The lowest BCUT2D eigenvalue weighted by Gasteiger charge is -2.42. The molecule has 1 fully saturated rings. The minimum absolute atomic E-state index is 0.0197. The molecule has 1 aromatic carbocycles. The maximum absolute atomic E-state index is 13.5. The average Bonchev–Trinajstić information content (AvgIpc) is 2.77. The van der Waals surface area contributed by atoms with Crippen LogP contribution in [-0.2, 0) is 21.9 Å². The highest BCUT2D eigenvalue weighted by molar-refractivity contribution is 5.96. The fourth-order valence-electron chi connectivity index (χ4n) is 3.78. The number of aromatic nitrogens is 1. The number of alkyl halides is 6. The van der Waals surface area contributed by atoms with Crippen molar-refractivity contribution in [2.24, 2.45) is 0 Å². The highest BCUT2D eigenvalue weighted by Crippen LogP contribution is 2.36. The number of ether oxygens (including phenoxy) is 2. The first-order chi connectivity index (χ1) is 16.5. The van der Waals surface area contributed by atoms with Gasteiger partial charge in [0.2, 0.25) is 5.60 Å². The number of carbonyl (C=O) groups is 2. The van der Waals surface area contributed by atoms with Gasteiger partial charge in [-0.15, -0.1) is 0 Å². The number of amides is 1. The molecule has 1 aromatic heterocycles. The van der Waals surface area contributed by atoms with Crippen molar-refractivity contribution in [2.75, 3.05) is 13.1 Å². The molecule has 1 aliphatic rings. The zero-order chi connectivity index (χ0) is 26.9. The predicted octanol–water partition coefficient (Wildman–Crippen LogP) is 5.51. The monoisotopic (exact) mass is 518 g/mol. The molecule has 2 heterocycles.